The van der Waals surface area contributed by atoms with Crippen molar-refractivity contribution in [3.05, 3.63) is 29.9 Å². The van der Waals surface area contributed by atoms with Crippen LogP contribution in [0.4, 0.5) is 0 Å². The summed E-state index contributed by atoms with van der Waals surface area (Å²) in [6.45, 7) is 3.97. The van der Waals surface area contributed by atoms with Crippen molar-refractivity contribution < 1.29 is 18.0 Å². The van der Waals surface area contributed by atoms with Gasteiger partial charge in [-0.1, -0.05) is 12.1 Å². The molecule has 0 amide bonds. The van der Waals surface area contributed by atoms with Gasteiger partial charge in [-0.3, -0.25) is 13.6 Å². The Morgan fingerprint density at radius 3 is 2.55 bits per heavy atom. The van der Waals surface area contributed by atoms with Crippen molar-refractivity contribution in [3.63, 3.8) is 0 Å². The van der Waals surface area contributed by atoms with Crippen LogP contribution in [0.1, 0.15) is 13.8 Å². The van der Waals surface area contributed by atoms with Gasteiger partial charge >= 0.3 is 13.4 Å². The second-order valence-electron chi connectivity index (χ2n) is 3.96. The normalized spacial score (nSPS) is 13.1. The second kappa shape index (κ2) is 6.26. The number of nitrogens with one attached hydrogen (secondary N) is 1. The molecule has 0 saturated heterocycles. The molecule has 0 aliphatic carbocycles. The van der Waals surface area contributed by atoms with Gasteiger partial charge in [-0.2, -0.15) is 0 Å². The first-order chi connectivity index (χ1) is 9.59. The molecule has 7 nitrogen and oxygen atoms in total. The molecule has 0 saturated carbocycles. The predicted molar refractivity (Wildman–Crippen MR) is 74.7 cm³/mol. The molecule has 0 fully saturated rings. The van der Waals surface area contributed by atoms with E-state index in [-0.39, 0.29) is 18.9 Å². The summed E-state index contributed by atoms with van der Waals surface area (Å²) in [5.41, 5.74) is 1.86. The first kappa shape index (κ1) is 14.8. The van der Waals surface area contributed by atoms with E-state index < -0.39 is 7.75 Å². The second-order valence-corrected chi connectivity index (χ2v) is 5.67. The first-order valence-electron chi connectivity index (χ1n) is 6.34. The molecule has 0 bridgehead atoms. The highest BCUT2D eigenvalue weighted by Crippen LogP contribution is 2.43. The van der Waals surface area contributed by atoms with Crippen molar-refractivity contribution in [2.75, 3.05) is 13.2 Å². The maximum atomic E-state index is 12.2. The molecular weight excluding hydrogens is 281 g/mol. The van der Waals surface area contributed by atoms with E-state index in [4.69, 9.17) is 13.5 Å². The third-order valence-electron chi connectivity index (χ3n) is 2.58. The van der Waals surface area contributed by atoms with E-state index in [1.807, 2.05) is 24.3 Å². The van der Waals surface area contributed by atoms with Crippen LogP contribution in [-0.4, -0.2) is 17.8 Å². The van der Waals surface area contributed by atoms with Gasteiger partial charge < -0.3 is 4.42 Å². The molecule has 0 aliphatic rings. The Morgan fingerprint density at radius 1 is 1.30 bits per heavy atom. The number of aryl methyl sites for hydroxylation is 1. The number of oxazole rings is 1. The summed E-state index contributed by atoms with van der Waals surface area (Å²) in [6.07, 6.45) is 0. The predicted octanol–water partition coefficient (Wildman–Crippen LogP) is 2.36. The number of para-hydroxylation sites is 2. The minimum atomic E-state index is -3.44. The molecule has 0 atom stereocenters. The molecule has 0 spiro atoms. The number of hydrogen-bond donors (Lipinski definition) is 1. The van der Waals surface area contributed by atoms with Gasteiger partial charge in [-0.25, -0.2) is 9.76 Å². The van der Waals surface area contributed by atoms with Crippen LogP contribution in [0, 0.1) is 0 Å². The third kappa shape index (κ3) is 3.12. The summed E-state index contributed by atoms with van der Waals surface area (Å²) in [4.78, 5) is 0. The average molecular weight is 299 g/mol. The number of nitrogens with zero attached hydrogens (tertiary/aromatic N) is 2. The topological polar surface area (TPSA) is 78.0 Å². The van der Waals surface area contributed by atoms with Gasteiger partial charge in [0.15, 0.2) is 5.58 Å². The van der Waals surface area contributed by atoms with Gasteiger partial charge in [0.1, 0.15) is 0 Å². The van der Waals surface area contributed by atoms with Crippen molar-refractivity contribution in [3.8, 4) is 0 Å². The molecule has 0 aliphatic heterocycles. The van der Waals surface area contributed by atoms with E-state index in [0.29, 0.717) is 5.58 Å². The molecule has 2 rings (SSSR count). The monoisotopic (exact) mass is 299 g/mol. The van der Waals surface area contributed by atoms with Crippen LogP contribution < -0.4 is 10.9 Å². The molecule has 8 heteroatoms. The molecule has 110 valence electrons. The van der Waals surface area contributed by atoms with E-state index in [9.17, 15) is 4.57 Å². The van der Waals surface area contributed by atoms with E-state index in [1.165, 1.54) is 0 Å². The third-order valence-corrected chi connectivity index (χ3v) is 4.12. The van der Waals surface area contributed by atoms with E-state index >= 15 is 0 Å². The van der Waals surface area contributed by atoms with Crippen molar-refractivity contribution >= 4 is 18.8 Å². The average Bonchev–Trinajstić information content (AvgIpc) is 2.75. The first-order valence-corrected chi connectivity index (χ1v) is 7.88. The Kier molecular flexibility index (Phi) is 4.65. The highest BCUT2D eigenvalue weighted by molar-refractivity contribution is 7.51. The van der Waals surface area contributed by atoms with Crippen LogP contribution in [0.3, 0.4) is 0 Å². The Labute approximate surface area is 116 Å². The lowest BCUT2D eigenvalue weighted by molar-refractivity contribution is 0.210. The summed E-state index contributed by atoms with van der Waals surface area (Å²) in [5.74, 6) is 0. The number of fused-ring (bicyclic) bond motifs is 1. The van der Waals surface area contributed by atoms with Crippen molar-refractivity contribution in [2.24, 2.45) is 12.1 Å². The highest BCUT2D eigenvalue weighted by atomic mass is 31.2. The molecule has 1 aromatic carbocycles. The van der Waals surface area contributed by atoms with E-state index in [0.717, 1.165) is 5.52 Å². The Hall–Kier alpha value is -1.56. The van der Waals surface area contributed by atoms with Crippen molar-refractivity contribution in [1.82, 2.24) is 9.76 Å². The van der Waals surface area contributed by atoms with Crippen LogP contribution in [0.25, 0.3) is 11.1 Å². The molecule has 2 aromatic rings. The van der Waals surface area contributed by atoms with Crippen LogP contribution >= 0.6 is 7.75 Å². The van der Waals surface area contributed by atoms with Crippen LogP contribution in [0.15, 0.2) is 33.8 Å². The Balaban J connectivity index is 2.33. The zero-order chi connectivity index (χ0) is 14.6. The SMILES string of the molecule is CCOP(=O)(N/N=c1/oc2ccccc2n1C)OCC. The number of aromatic nitrogens is 1. The molecule has 1 heterocycles. The van der Waals surface area contributed by atoms with Crippen molar-refractivity contribution in [2.45, 2.75) is 13.8 Å². The fraction of sp³-hybridized carbons (Fsp3) is 0.417. The van der Waals surface area contributed by atoms with E-state index in [2.05, 4.69) is 10.3 Å². The van der Waals surface area contributed by atoms with Gasteiger partial charge in [-0.05, 0) is 26.0 Å². The van der Waals surface area contributed by atoms with Crippen LogP contribution in [0.5, 0.6) is 0 Å². The van der Waals surface area contributed by atoms with Gasteiger partial charge in [0, 0.05) is 7.05 Å². The molecule has 1 aromatic heterocycles. The van der Waals surface area contributed by atoms with Crippen molar-refractivity contribution in [1.29, 1.82) is 0 Å². The number of hydrogen-bond acceptors (Lipinski definition) is 5. The highest BCUT2D eigenvalue weighted by Gasteiger charge is 2.23. The fourth-order valence-corrected chi connectivity index (χ4v) is 2.81. The lowest BCUT2D eigenvalue weighted by Gasteiger charge is -2.14. The summed E-state index contributed by atoms with van der Waals surface area (Å²) >= 11 is 0. The Morgan fingerprint density at radius 2 is 1.95 bits per heavy atom. The lowest BCUT2D eigenvalue weighted by atomic mass is 10.3. The minimum absolute atomic E-state index is 0.256. The summed E-state index contributed by atoms with van der Waals surface area (Å²) in [7, 11) is -1.63. The quantitative estimate of drug-likeness (QED) is 0.654. The number of benzene rings is 1. The maximum Gasteiger partial charge on any atom is 0.448 e. The molecule has 1 N–H and O–H groups in total. The summed E-state index contributed by atoms with van der Waals surface area (Å²) in [6, 6.07) is 7.51. The van der Waals surface area contributed by atoms with Gasteiger partial charge in [0.05, 0.1) is 18.7 Å². The molecular formula is C12H18N3O4P. The lowest BCUT2D eigenvalue weighted by Crippen LogP contribution is -2.19. The summed E-state index contributed by atoms with van der Waals surface area (Å²) < 4.78 is 29.7. The van der Waals surface area contributed by atoms with E-state index in [1.54, 1.807) is 25.5 Å². The zero-order valence-electron chi connectivity index (χ0n) is 11.7. The van der Waals surface area contributed by atoms with Gasteiger partial charge in [0.2, 0.25) is 0 Å². The van der Waals surface area contributed by atoms with Crippen LogP contribution in [0.2, 0.25) is 0 Å². The summed E-state index contributed by atoms with van der Waals surface area (Å²) in [5, 5.41) is 6.42. The smallest absolute Gasteiger partial charge is 0.422 e. The van der Waals surface area contributed by atoms with Gasteiger partial charge in [0.25, 0.3) is 0 Å². The fourth-order valence-electron chi connectivity index (χ4n) is 1.73. The zero-order valence-corrected chi connectivity index (χ0v) is 12.6. The molecule has 0 unspecified atom stereocenters. The van der Waals surface area contributed by atoms with Gasteiger partial charge in [-0.15, -0.1) is 5.10 Å². The minimum Gasteiger partial charge on any atom is -0.422 e. The molecule has 20 heavy (non-hydrogen) atoms. The maximum absolute atomic E-state index is 12.2. The largest absolute Gasteiger partial charge is 0.448 e. The standard InChI is InChI=1S/C12H18N3O4P/c1-4-17-20(16,18-5-2)14-13-12-15(3)10-8-6-7-9-11(10)19-12/h6-9H,4-5H2,1-3H3,(H,14,16)/b13-12+. The number of rotatable bonds is 6. The Bertz CT molecular complexity index is 681. The molecule has 0 radical (unpaired) electrons. The van der Waals surface area contributed by atoms with Crippen LogP contribution in [-0.2, 0) is 20.7 Å².